The van der Waals surface area contributed by atoms with Crippen LogP contribution in [-0.2, 0) is 12.3 Å². The third-order valence-electron chi connectivity index (χ3n) is 5.25. The Balaban J connectivity index is 1.35. The standard InChI is InChI=1S/C25H23N5OS2/c1-17(2)18-7-9-19(10-8-18)24-27-14-22(33-24)16-32-25-29-28-23(20-5-3-11-26-13-20)30(25)15-21-6-4-12-31-21/h3-14,17H,15-16H2,1-2H3. The minimum atomic E-state index is 0.525. The number of furan rings is 1. The lowest BCUT2D eigenvalue weighted by Gasteiger charge is -2.08. The van der Waals surface area contributed by atoms with Crippen LogP contribution < -0.4 is 0 Å². The summed E-state index contributed by atoms with van der Waals surface area (Å²) in [6, 6.07) is 16.4. The van der Waals surface area contributed by atoms with E-state index in [-0.39, 0.29) is 0 Å². The highest BCUT2D eigenvalue weighted by Crippen LogP contribution is 2.32. The minimum Gasteiger partial charge on any atom is -0.467 e. The zero-order chi connectivity index (χ0) is 22.6. The van der Waals surface area contributed by atoms with E-state index < -0.39 is 0 Å². The SMILES string of the molecule is CC(C)c1ccc(-c2ncc(CSc3nnc(-c4cccnc4)n3Cc3ccco3)s2)cc1. The predicted molar refractivity (Wildman–Crippen MR) is 132 cm³/mol. The Labute approximate surface area is 200 Å². The van der Waals surface area contributed by atoms with Gasteiger partial charge in [-0.15, -0.1) is 21.5 Å². The van der Waals surface area contributed by atoms with Crippen LogP contribution in [0.4, 0.5) is 0 Å². The second kappa shape index (κ2) is 9.72. The van der Waals surface area contributed by atoms with Crippen LogP contribution in [0.25, 0.3) is 22.0 Å². The molecule has 0 amide bonds. The fraction of sp³-hybridized carbons (Fsp3) is 0.200. The highest BCUT2D eigenvalue weighted by atomic mass is 32.2. The van der Waals surface area contributed by atoms with E-state index in [0.717, 1.165) is 38.6 Å². The average molecular weight is 474 g/mol. The number of thiazole rings is 1. The largest absolute Gasteiger partial charge is 0.467 e. The van der Waals surface area contributed by atoms with Gasteiger partial charge in [-0.05, 0) is 35.7 Å². The molecule has 6 nitrogen and oxygen atoms in total. The van der Waals surface area contributed by atoms with Crippen molar-refractivity contribution in [2.24, 2.45) is 0 Å². The molecule has 8 heteroatoms. The van der Waals surface area contributed by atoms with Gasteiger partial charge in [0.25, 0.3) is 0 Å². The monoisotopic (exact) mass is 473 g/mol. The molecule has 4 heterocycles. The summed E-state index contributed by atoms with van der Waals surface area (Å²) in [7, 11) is 0. The molecule has 33 heavy (non-hydrogen) atoms. The molecule has 0 bridgehead atoms. The van der Waals surface area contributed by atoms with Crippen molar-refractivity contribution in [1.29, 1.82) is 0 Å². The Bertz CT molecular complexity index is 1310. The molecule has 0 fully saturated rings. The second-order valence-corrected chi connectivity index (χ2v) is 9.97. The molecule has 0 saturated carbocycles. The van der Waals surface area contributed by atoms with Crippen LogP contribution in [0.1, 0.15) is 36.0 Å². The molecule has 0 aliphatic carbocycles. The molecule has 1 aromatic carbocycles. The Morgan fingerprint density at radius 2 is 1.88 bits per heavy atom. The number of hydrogen-bond acceptors (Lipinski definition) is 7. The highest BCUT2D eigenvalue weighted by Gasteiger charge is 2.17. The summed E-state index contributed by atoms with van der Waals surface area (Å²) in [5.41, 5.74) is 3.42. The molecule has 0 unspecified atom stereocenters. The number of aromatic nitrogens is 5. The van der Waals surface area contributed by atoms with Gasteiger partial charge in [0, 0.05) is 40.3 Å². The quantitative estimate of drug-likeness (QED) is 0.239. The number of nitrogens with zero attached hydrogens (tertiary/aromatic N) is 5. The molecule has 4 aromatic heterocycles. The first-order valence-electron chi connectivity index (χ1n) is 10.7. The van der Waals surface area contributed by atoms with Gasteiger partial charge in [-0.2, -0.15) is 0 Å². The van der Waals surface area contributed by atoms with Gasteiger partial charge in [0.05, 0.1) is 12.8 Å². The number of pyridine rings is 1. The van der Waals surface area contributed by atoms with Crippen LogP contribution in [0.3, 0.4) is 0 Å². The van der Waals surface area contributed by atoms with Gasteiger partial charge in [0.2, 0.25) is 0 Å². The van der Waals surface area contributed by atoms with Crippen LogP contribution in [0.15, 0.2) is 83.0 Å². The molecule has 0 radical (unpaired) electrons. The van der Waals surface area contributed by atoms with Gasteiger partial charge in [-0.25, -0.2) is 4.98 Å². The topological polar surface area (TPSA) is 69.6 Å². The molecular weight excluding hydrogens is 450 g/mol. The van der Waals surface area contributed by atoms with Crippen LogP contribution in [-0.4, -0.2) is 24.7 Å². The first-order valence-corrected chi connectivity index (χ1v) is 12.5. The number of hydrogen-bond donors (Lipinski definition) is 0. The van der Waals surface area contributed by atoms with Gasteiger partial charge < -0.3 is 4.42 Å². The highest BCUT2D eigenvalue weighted by molar-refractivity contribution is 7.98. The summed E-state index contributed by atoms with van der Waals surface area (Å²) in [6.45, 7) is 4.97. The fourth-order valence-corrected chi connectivity index (χ4v) is 5.34. The molecule has 5 aromatic rings. The molecular formula is C25H23N5OS2. The maximum atomic E-state index is 5.58. The third-order valence-corrected chi connectivity index (χ3v) is 7.50. The molecule has 0 aliphatic rings. The van der Waals surface area contributed by atoms with Crippen molar-refractivity contribution in [1.82, 2.24) is 24.7 Å². The van der Waals surface area contributed by atoms with Gasteiger partial charge in [-0.3, -0.25) is 9.55 Å². The van der Waals surface area contributed by atoms with Crippen molar-refractivity contribution in [3.05, 3.63) is 89.6 Å². The maximum Gasteiger partial charge on any atom is 0.192 e. The molecule has 0 N–H and O–H groups in total. The molecule has 0 spiro atoms. The molecule has 0 aliphatic heterocycles. The van der Waals surface area contributed by atoms with E-state index in [9.17, 15) is 0 Å². The second-order valence-electron chi connectivity index (χ2n) is 7.91. The van der Waals surface area contributed by atoms with Crippen molar-refractivity contribution in [3.8, 4) is 22.0 Å². The van der Waals surface area contributed by atoms with Crippen LogP contribution >= 0.6 is 23.1 Å². The summed E-state index contributed by atoms with van der Waals surface area (Å²) >= 11 is 3.37. The summed E-state index contributed by atoms with van der Waals surface area (Å²) in [4.78, 5) is 10.1. The Hall–Kier alpha value is -3.23. The van der Waals surface area contributed by atoms with Gasteiger partial charge >= 0.3 is 0 Å². The van der Waals surface area contributed by atoms with E-state index >= 15 is 0 Å². The fourth-order valence-electron chi connectivity index (χ4n) is 3.46. The van der Waals surface area contributed by atoms with Crippen molar-refractivity contribution >= 4 is 23.1 Å². The first kappa shape index (κ1) is 21.6. The van der Waals surface area contributed by atoms with E-state index in [0.29, 0.717) is 12.5 Å². The maximum absolute atomic E-state index is 5.58. The third kappa shape index (κ3) is 4.91. The van der Waals surface area contributed by atoms with Crippen LogP contribution in [0, 0.1) is 0 Å². The number of rotatable bonds is 8. The number of thioether (sulfide) groups is 1. The summed E-state index contributed by atoms with van der Waals surface area (Å²) in [5, 5.41) is 10.8. The molecule has 5 rings (SSSR count). The van der Waals surface area contributed by atoms with Crippen molar-refractivity contribution < 1.29 is 4.42 Å². The summed E-state index contributed by atoms with van der Waals surface area (Å²) < 4.78 is 7.66. The van der Waals surface area contributed by atoms with Gasteiger partial charge in [-0.1, -0.05) is 49.9 Å². The smallest absolute Gasteiger partial charge is 0.192 e. The normalized spacial score (nSPS) is 11.4. The zero-order valence-electron chi connectivity index (χ0n) is 18.4. The Morgan fingerprint density at radius 3 is 2.61 bits per heavy atom. The minimum absolute atomic E-state index is 0.525. The van der Waals surface area contributed by atoms with E-state index in [1.807, 2.05) is 30.5 Å². The molecule has 0 saturated heterocycles. The van der Waals surface area contributed by atoms with Crippen molar-refractivity contribution in [3.63, 3.8) is 0 Å². The molecule has 166 valence electrons. The van der Waals surface area contributed by atoms with Gasteiger partial charge in [0.1, 0.15) is 10.8 Å². The van der Waals surface area contributed by atoms with Crippen molar-refractivity contribution in [2.45, 2.75) is 37.2 Å². The van der Waals surface area contributed by atoms with Crippen LogP contribution in [0.2, 0.25) is 0 Å². The first-order chi connectivity index (χ1) is 16.2. The summed E-state index contributed by atoms with van der Waals surface area (Å²) in [5.74, 6) is 2.92. The summed E-state index contributed by atoms with van der Waals surface area (Å²) in [6.07, 6.45) is 7.20. The predicted octanol–water partition coefficient (Wildman–Crippen LogP) is 6.52. The lowest BCUT2D eigenvalue weighted by Crippen LogP contribution is -2.03. The zero-order valence-corrected chi connectivity index (χ0v) is 20.0. The lowest BCUT2D eigenvalue weighted by atomic mass is 10.0. The van der Waals surface area contributed by atoms with Crippen molar-refractivity contribution in [2.75, 3.05) is 0 Å². The van der Waals surface area contributed by atoms with E-state index in [2.05, 4.69) is 62.8 Å². The van der Waals surface area contributed by atoms with Crippen LogP contribution in [0.5, 0.6) is 0 Å². The Morgan fingerprint density at radius 1 is 1.00 bits per heavy atom. The average Bonchev–Trinajstić information content (AvgIpc) is 3.60. The molecule has 0 atom stereocenters. The number of benzene rings is 1. The van der Waals surface area contributed by atoms with E-state index in [1.165, 1.54) is 10.4 Å². The van der Waals surface area contributed by atoms with E-state index in [1.54, 1.807) is 41.8 Å². The lowest BCUT2D eigenvalue weighted by molar-refractivity contribution is 0.485. The Kier molecular flexibility index (Phi) is 6.37. The van der Waals surface area contributed by atoms with Gasteiger partial charge in [0.15, 0.2) is 11.0 Å². The van der Waals surface area contributed by atoms with E-state index in [4.69, 9.17) is 4.42 Å².